The fourth-order valence-corrected chi connectivity index (χ4v) is 5.28. The molecular formula is C25H44N6O6. The molecule has 0 bridgehead atoms. The zero-order valence-electron chi connectivity index (χ0n) is 22.7. The molecular weight excluding hydrogens is 480 g/mol. The molecule has 3 saturated heterocycles. The Labute approximate surface area is 219 Å². The number of hydrogen-bond donors (Lipinski definition) is 3. The lowest BCUT2D eigenvalue weighted by atomic mass is 9.90. The molecule has 0 radical (unpaired) electrons. The Morgan fingerprint density at radius 1 is 1.11 bits per heavy atom. The number of nitrogens with one attached hydrogen (secondary N) is 2. The number of carboxylic acid groups (broad SMARTS) is 1. The monoisotopic (exact) mass is 524 g/mol. The molecule has 37 heavy (non-hydrogen) atoms. The van der Waals surface area contributed by atoms with Crippen LogP contribution in [0.4, 0.5) is 9.59 Å². The van der Waals surface area contributed by atoms with E-state index in [0.29, 0.717) is 12.5 Å². The molecule has 0 aromatic heterocycles. The Bertz CT molecular complexity index is 817. The molecule has 2 atom stereocenters. The number of piperidine rings is 1. The summed E-state index contributed by atoms with van der Waals surface area (Å²) in [7, 11) is 1.80. The minimum atomic E-state index is -0.782. The van der Waals surface area contributed by atoms with Gasteiger partial charge in [0.2, 0.25) is 5.96 Å². The third kappa shape index (κ3) is 8.74. The van der Waals surface area contributed by atoms with E-state index in [-0.39, 0.29) is 30.7 Å². The molecule has 3 heterocycles. The van der Waals surface area contributed by atoms with Gasteiger partial charge in [0.05, 0.1) is 12.5 Å². The summed E-state index contributed by atoms with van der Waals surface area (Å²) in [4.78, 5) is 43.1. The number of alkyl carbamates (subject to hydrolysis) is 1. The van der Waals surface area contributed by atoms with E-state index in [1.807, 2.05) is 4.90 Å². The van der Waals surface area contributed by atoms with Crippen LogP contribution in [0.3, 0.4) is 0 Å². The van der Waals surface area contributed by atoms with Gasteiger partial charge in [0.1, 0.15) is 5.60 Å². The molecule has 12 nitrogen and oxygen atoms in total. The lowest BCUT2D eigenvalue weighted by Gasteiger charge is -2.38. The van der Waals surface area contributed by atoms with Crippen molar-refractivity contribution in [3.8, 4) is 0 Å². The SMILES string of the molecule is CN1C(=O)OC(N2CCN(CCC(=O)O)CC2)C1CCCC1CCN(C(=N)NC(=O)OC(C)(C)C)CC1. The van der Waals surface area contributed by atoms with E-state index in [0.717, 1.165) is 71.4 Å². The molecule has 0 saturated carbocycles. The zero-order valence-corrected chi connectivity index (χ0v) is 22.7. The highest BCUT2D eigenvalue weighted by molar-refractivity contribution is 5.92. The molecule has 3 aliphatic heterocycles. The van der Waals surface area contributed by atoms with Crippen molar-refractivity contribution in [2.24, 2.45) is 5.92 Å². The fraction of sp³-hybridized carbons (Fsp3) is 0.840. The van der Waals surface area contributed by atoms with Gasteiger partial charge in [-0.05, 0) is 46.0 Å². The number of cyclic esters (lactones) is 1. The first-order valence-electron chi connectivity index (χ1n) is 13.4. The Kier molecular flexibility index (Phi) is 10.00. The predicted molar refractivity (Wildman–Crippen MR) is 137 cm³/mol. The number of likely N-dealkylation sites (tertiary alicyclic amines) is 1. The van der Waals surface area contributed by atoms with Gasteiger partial charge in [0.15, 0.2) is 6.23 Å². The summed E-state index contributed by atoms with van der Waals surface area (Å²) in [5.41, 5.74) is -0.601. The quantitative estimate of drug-likeness (QED) is 0.322. The Morgan fingerprint density at radius 2 is 1.76 bits per heavy atom. The number of likely N-dealkylation sites (N-methyl/N-ethyl adjacent to an activating group) is 1. The van der Waals surface area contributed by atoms with Crippen molar-refractivity contribution >= 4 is 24.1 Å². The highest BCUT2D eigenvalue weighted by Gasteiger charge is 2.43. The molecule has 3 fully saturated rings. The molecule has 0 aromatic rings. The standard InChI is InChI=1S/C25H44N6O6/c1-25(2,3)37-23(34)27-22(26)31-12-8-18(9-13-31)6-5-7-19-21(36-24(35)28(19)4)30-16-14-29(15-17-30)11-10-20(32)33/h18-19,21H,5-17H2,1-4H3,(H,32,33)(H2,26,27,34). The largest absolute Gasteiger partial charge is 0.481 e. The van der Waals surface area contributed by atoms with E-state index in [9.17, 15) is 14.4 Å². The van der Waals surface area contributed by atoms with E-state index < -0.39 is 17.7 Å². The second-order valence-corrected chi connectivity index (χ2v) is 11.3. The summed E-state index contributed by atoms with van der Waals surface area (Å²) < 4.78 is 11.0. The van der Waals surface area contributed by atoms with Crippen LogP contribution in [-0.2, 0) is 14.3 Å². The third-order valence-corrected chi connectivity index (χ3v) is 7.41. The van der Waals surface area contributed by atoms with Gasteiger partial charge >= 0.3 is 18.2 Å². The minimum absolute atomic E-state index is 0.00404. The van der Waals surface area contributed by atoms with E-state index in [1.165, 1.54) is 0 Å². The van der Waals surface area contributed by atoms with Gasteiger partial charge in [-0.25, -0.2) is 9.59 Å². The smallest absolute Gasteiger partial charge is 0.414 e. The van der Waals surface area contributed by atoms with Crippen molar-refractivity contribution in [2.75, 3.05) is 52.9 Å². The number of rotatable bonds is 8. The predicted octanol–water partition coefficient (Wildman–Crippen LogP) is 2.20. The summed E-state index contributed by atoms with van der Waals surface area (Å²) in [5, 5.41) is 19.6. The number of ether oxygens (including phenoxy) is 2. The molecule has 0 aliphatic carbocycles. The van der Waals surface area contributed by atoms with Crippen molar-refractivity contribution in [3.05, 3.63) is 0 Å². The number of amides is 2. The van der Waals surface area contributed by atoms with Crippen molar-refractivity contribution in [2.45, 2.75) is 77.2 Å². The van der Waals surface area contributed by atoms with Crippen molar-refractivity contribution in [1.82, 2.24) is 24.9 Å². The second kappa shape index (κ2) is 12.8. The molecule has 210 valence electrons. The van der Waals surface area contributed by atoms with Crippen molar-refractivity contribution in [1.29, 1.82) is 5.41 Å². The van der Waals surface area contributed by atoms with E-state index in [2.05, 4.69) is 15.1 Å². The average molecular weight is 525 g/mol. The van der Waals surface area contributed by atoms with Gasteiger partial charge in [0.25, 0.3) is 0 Å². The minimum Gasteiger partial charge on any atom is -0.481 e. The topological polar surface area (TPSA) is 139 Å². The molecule has 3 N–H and O–H groups in total. The summed E-state index contributed by atoms with van der Waals surface area (Å²) in [5.74, 6) is -0.151. The summed E-state index contributed by atoms with van der Waals surface area (Å²) in [6.07, 6.45) is 3.80. The lowest BCUT2D eigenvalue weighted by molar-refractivity contribution is -0.137. The summed E-state index contributed by atoms with van der Waals surface area (Å²) in [6.45, 7) is 10.4. The summed E-state index contributed by atoms with van der Waals surface area (Å²) >= 11 is 0. The van der Waals surface area contributed by atoms with Gasteiger partial charge in [-0.1, -0.05) is 12.8 Å². The maximum absolute atomic E-state index is 12.3. The number of carbonyl (C=O) groups excluding carboxylic acids is 2. The zero-order chi connectivity index (χ0) is 27.2. The van der Waals surface area contributed by atoms with Gasteiger partial charge in [0, 0.05) is 52.9 Å². The van der Waals surface area contributed by atoms with Gasteiger partial charge in [-0.15, -0.1) is 0 Å². The number of piperazine rings is 1. The molecule has 2 amide bonds. The van der Waals surface area contributed by atoms with Crippen molar-refractivity contribution < 1.29 is 29.0 Å². The van der Waals surface area contributed by atoms with Crippen LogP contribution in [0.15, 0.2) is 0 Å². The first-order valence-corrected chi connectivity index (χ1v) is 13.4. The normalized spacial score (nSPS) is 24.2. The number of guanidine groups is 1. The molecule has 0 spiro atoms. The second-order valence-electron chi connectivity index (χ2n) is 11.3. The molecule has 0 aromatic carbocycles. The number of aliphatic carboxylic acids is 1. The average Bonchev–Trinajstić information content (AvgIpc) is 3.10. The van der Waals surface area contributed by atoms with Crippen LogP contribution in [0.5, 0.6) is 0 Å². The highest BCUT2D eigenvalue weighted by atomic mass is 16.6. The van der Waals surface area contributed by atoms with Gasteiger partial charge in [-0.2, -0.15) is 0 Å². The van der Waals surface area contributed by atoms with Crippen LogP contribution >= 0.6 is 0 Å². The van der Waals surface area contributed by atoms with E-state index in [1.54, 1.807) is 32.7 Å². The Morgan fingerprint density at radius 3 is 2.35 bits per heavy atom. The number of hydrogen-bond acceptors (Lipinski definition) is 8. The van der Waals surface area contributed by atoms with Crippen LogP contribution in [0.1, 0.15) is 59.3 Å². The molecule has 3 aliphatic rings. The first kappa shape index (κ1) is 29.0. The van der Waals surface area contributed by atoms with Crippen LogP contribution in [0.25, 0.3) is 0 Å². The fourth-order valence-electron chi connectivity index (χ4n) is 5.28. The van der Waals surface area contributed by atoms with Crippen LogP contribution in [0.2, 0.25) is 0 Å². The number of nitrogens with zero attached hydrogens (tertiary/aromatic N) is 4. The lowest BCUT2D eigenvalue weighted by Crippen LogP contribution is -2.54. The molecule has 2 unspecified atom stereocenters. The van der Waals surface area contributed by atoms with Crippen LogP contribution < -0.4 is 5.32 Å². The first-order chi connectivity index (χ1) is 17.4. The van der Waals surface area contributed by atoms with Crippen molar-refractivity contribution in [3.63, 3.8) is 0 Å². The molecule has 3 rings (SSSR count). The van der Waals surface area contributed by atoms with E-state index in [4.69, 9.17) is 20.0 Å². The van der Waals surface area contributed by atoms with Gasteiger partial charge < -0.3 is 29.3 Å². The van der Waals surface area contributed by atoms with Gasteiger partial charge in [-0.3, -0.25) is 20.4 Å². The molecule has 12 heteroatoms. The van der Waals surface area contributed by atoms with Crippen LogP contribution in [0, 0.1) is 11.3 Å². The number of carboxylic acids is 1. The maximum atomic E-state index is 12.3. The third-order valence-electron chi connectivity index (χ3n) is 7.41. The maximum Gasteiger partial charge on any atom is 0.414 e. The summed E-state index contributed by atoms with van der Waals surface area (Å²) in [6, 6.07) is 0.00404. The highest BCUT2D eigenvalue weighted by Crippen LogP contribution is 2.29. The van der Waals surface area contributed by atoms with Crippen LogP contribution in [-0.4, -0.2) is 120 Å². The Hall–Kier alpha value is -2.60. The Balaban J connectivity index is 1.39. The van der Waals surface area contributed by atoms with E-state index >= 15 is 0 Å². The number of carbonyl (C=O) groups is 3.